The largest absolute Gasteiger partial charge is 0.437 e. The summed E-state index contributed by atoms with van der Waals surface area (Å²) in [5.41, 5.74) is 6.41. The second-order valence-corrected chi connectivity index (χ2v) is 12.6. The van der Waals surface area contributed by atoms with Crippen molar-refractivity contribution < 1.29 is 22.8 Å². The molecule has 2 saturated heterocycles. The van der Waals surface area contributed by atoms with Gasteiger partial charge in [0.25, 0.3) is 0 Å². The number of alkyl halides is 3. The minimum Gasteiger partial charge on any atom is -0.396 e. The third-order valence-corrected chi connectivity index (χ3v) is 9.80. The average molecular weight is 617 g/mol. The zero-order valence-electron chi connectivity index (χ0n) is 25.0. The number of aryl methyl sites for hydroxylation is 1. The summed E-state index contributed by atoms with van der Waals surface area (Å²) in [6.07, 6.45) is 2.57. The van der Waals surface area contributed by atoms with Crippen LogP contribution >= 0.6 is 0 Å². The Balaban J connectivity index is 1.07. The number of nitrogens with zero attached hydrogens (tertiary/aromatic N) is 6. The van der Waals surface area contributed by atoms with Crippen molar-refractivity contribution in [2.45, 2.75) is 75.7 Å². The molecule has 3 aromatic rings. The number of nitrogen functional groups attached to an aromatic ring is 1. The average Bonchev–Trinajstić information content (AvgIpc) is 3.51. The lowest BCUT2D eigenvalue weighted by Crippen LogP contribution is -2.45. The lowest BCUT2D eigenvalue weighted by Gasteiger charge is -2.40. The predicted octanol–water partition coefficient (Wildman–Crippen LogP) is 3.45. The molecule has 1 aliphatic carbocycles. The molecule has 238 valence electrons. The number of nitrogens with two attached hydrogens (primary N) is 1. The molecular weight excluding hydrogens is 577 g/mol. The maximum Gasteiger partial charge on any atom is 0.437 e. The zero-order valence-corrected chi connectivity index (χ0v) is 25.0. The smallest absolute Gasteiger partial charge is 0.396 e. The number of amides is 2. The number of carbonyl (C=O) groups excluding carboxylic acids is 2. The third-order valence-electron chi connectivity index (χ3n) is 9.80. The first-order valence-corrected chi connectivity index (χ1v) is 15.3. The van der Waals surface area contributed by atoms with E-state index >= 15 is 0 Å². The maximum absolute atomic E-state index is 13.3. The fraction of sp³-hybridized carbons (Fsp3) is 0.600. The summed E-state index contributed by atoms with van der Waals surface area (Å²) < 4.78 is 43.9. The number of imidazole rings is 1. The van der Waals surface area contributed by atoms with Crippen LogP contribution in [0, 0.1) is 5.92 Å². The molecule has 1 atom stereocenters. The molecule has 3 aliphatic rings. The van der Waals surface area contributed by atoms with E-state index in [0.717, 1.165) is 69.4 Å². The van der Waals surface area contributed by atoms with E-state index in [2.05, 4.69) is 27.3 Å². The van der Waals surface area contributed by atoms with E-state index in [-0.39, 0.29) is 29.7 Å². The molecule has 3 N–H and O–H groups in total. The number of fused-ring (bicyclic) bond motifs is 1. The van der Waals surface area contributed by atoms with Crippen LogP contribution in [0.25, 0.3) is 11.0 Å². The highest BCUT2D eigenvalue weighted by atomic mass is 19.4. The van der Waals surface area contributed by atoms with Gasteiger partial charge in [-0.1, -0.05) is 6.07 Å². The molecule has 14 heteroatoms. The van der Waals surface area contributed by atoms with Gasteiger partial charge in [-0.15, -0.1) is 0 Å². The Hall–Kier alpha value is -3.81. The maximum atomic E-state index is 13.3. The van der Waals surface area contributed by atoms with E-state index in [1.807, 2.05) is 18.2 Å². The van der Waals surface area contributed by atoms with Gasteiger partial charge in [0.1, 0.15) is 6.04 Å². The molecule has 2 aliphatic heterocycles. The van der Waals surface area contributed by atoms with Crippen molar-refractivity contribution in [2.24, 2.45) is 13.0 Å². The fourth-order valence-corrected chi connectivity index (χ4v) is 7.41. The Bertz CT molecular complexity index is 1610. The number of piperidine rings is 2. The number of anilines is 2. The van der Waals surface area contributed by atoms with Gasteiger partial charge in [0.15, 0.2) is 5.69 Å². The van der Waals surface area contributed by atoms with Gasteiger partial charge in [-0.3, -0.25) is 28.7 Å². The van der Waals surface area contributed by atoms with Crippen LogP contribution in [0.2, 0.25) is 0 Å². The molecule has 1 unspecified atom stereocenters. The quantitative estimate of drug-likeness (QED) is 0.407. The number of carbonyl (C=O) groups is 2. The van der Waals surface area contributed by atoms with Gasteiger partial charge in [-0.2, -0.15) is 18.3 Å². The standard InChI is InChI=1S/C30H39F3N8O3/c1-37(16-18-6-8-20(9-7-18)40-17-21(34)27(36-40)30(31,32)33)19-12-14-39(15-13-19)22-4-3-5-23-26(22)38(2)29(44)41(23)24-10-11-25(42)35-28(24)43/h3-5,17-20,24H,6-16,34H2,1-2H3,(H,35,42,43)/t18-,20-,24?. The van der Waals surface area contributed by atoms with Crippen LogP contribution in [0.3, 0.4) is 0 Å². The Morgan fingerprint density at radius 1 is 1.05 bits per heavy atom. The summed E-state index contributed by atoms with van der Waals surface area (Å²) in [6.45, 7) is 2.58. The summed E-state index contributed by atoms with van der Waals surface area (Å²) in [5, 5.41) is 6.12. The predicted molar refractivity (Wildman–Crippen MR) is 159 cm³/mol. The minimum absolute atomic E-state index is 0.0679. The monoisotopic (exact) mass is 616 g/mol. The van der Waals surface area contributed by atoms with Crippen molar-refractivity contribution >= 4 is 34.2 Å². The van der Waals surface area contributed by atoms with E-state index in [9.17, 15) is 27.6 Å². The molecule has 2 aromatic heterocycles. The third kappa shape index (κ3) is 5.59. The zero-order chi connectivity index (χ0) is 31.3. The lowest BCUT2D eigenvalue weighted by molar-refractivity contribution is -0.141. The van der Waals surface area contributed by atoms with Crippen molar-refractivity contribution in [1.82, 2.24) is 29.1 Å². The van der Waals surface area contributed by atoms with Gasteiger partial charge < -0.3 is 15.5 Å². The molecule has 6 rings (SSSR count). The number of para-hydroxylation sites is 1. The molecule has 0 radical (unpaired) electrons. The van der Waals surface area contributed by atoms with Crippen molar-refractivity contribution in [3.8, 4) is 0 Å². The van der Waals surface area contributed by atoms with E-state index in [4.69, 9.17) is 5.73 Å². The minimum atomic E-state index is -4.55. The first-order chi connectivity index (χ1) is 20.9. The molecule has 4 heterocycles. The summed E-state index contributed by atoms with van der Waals surface area (Å²) >= 11 is 0. The summed E-state index contributed by atoms with van der Waals surface area (Å²) in [7, 11) is 3.88. The number of nitrogens with one attached hydrogen (secondary N) is 1. The summed E-state index contributed by atoms with van der Waals surface area (Å²) in [4.78, 5) is 42.3. The topological polar surface area (TPSA) is 123 Å². The highest BCUT2D eigenvalue weighted by molar-refractivity contribution is 6.00. The summed E-state index contributed by atoms with van der Waals surface area (Å²) in [5.74, 6) is -0.289. The van der Waals surface area contributed by atoms with E-state index in [1.165, 1.54) is 15.4 Å². The molecule has 1 saturated carbocycles. The molecule has 1 aromatic carbocycles. The molecule has 11 nitrogen and oxygen atoms in total. The second kappa shape index (κ2) is 11.6. The number of hydrogen-bond acceptors (Lipinski definition) is 7. The van der Waals surface area contributed by atoms with Gasteiger partial charge >= 0.3 is 11.9 Å². The second-order valence-electron chi connectivity index (χ2n) is 12.6. The van der Waals surface area contributed by atoms with E-state index in [1.54, 1.807) is 11.6 Å². The van der Waals surface area contributed by atoms with E-state index in [0.29, 0.717) is 23.9 Å². The van der Waals surface area contributed by atoms with Crippen molar-refractivity contribution in [3.63, 3.8) is 0 Å². The highest BCUT2D eigenvalue weighted by Gasteiger charge is 2.38. The number of hydrogen-bond donors (Lipinski definition) is 2. The normalized spacial score (nSPS) is 24.0. The Labute approximate surface area is 252 Å². The number of rotatable bonds is 6. The molecule has 44 heavy (non-hydrogen) atoms. The Morgan fingerprint density at radius 3 is 2.39 bits per heavy atom. The van der Waals surface area contributed by atoms with Crippen LogP contribution in [0.5, 0.6) is 0 Å². The Kier molecular flexibility index (Phi) is 7.97. The summed E-state index contributed by atoms with van der Waals surface area (Å²) in [6, 6.07) is 5.40. The van der Waals surface area contributed by atoms with Crippen LogP contribution in [-0.2, 0) is 22.8 Å². The van der Waals surface area contributed by atoms with Crippen molar-refractivity contribution in [1.29, 1.82) is 0 Å². The van der Waals surface area contributed by atoms with Crippen LogP contribution in [0.15, 0.2) is 29.2 Å². The van der Waals surface area contributed by atoms with Crippen LogP contribution in [-0.4, -0.2) is 68.4 Å². The fourth-order valence-electron chi connectivity index (χ4n) is 7.41. The lowest BCUT2D eigenvalue weighted by atomic mass is 9.85. The van der Waals surface area contributed by atoms with Crippen molar-refractivity contribution in [3.05, 3.63) is 40.6 Å². The van der Waals surface area contributed by atoms with Gasteiger partial charge in [0.05, 0.1) is 28.5 Å². The van der Waals surface area contributed by atoms with Crippen LogP contribution in [0.4, 0.5) is 24.5 Å². The highest BCUT2D eigenvalue weighted by Crippen LogP contribution is 2.37. The number of benzene rings is 1. The van der Waals surface area contributed by atoms with Crippen molar-refractivity contribution in [2.75, 3.05) is 37.3 Å². The first kappa shape index (κ1) is 30.2. The van der Waals surface area contributed by atoms with Gasteiger partial charge in [0, 0.05) is 45.3 Å². The number of aromatic nitrogens is 4. The SMILES string of the molecule is CN(C[C@H]1CC[C@H](n2cc(N)c(C(F)(F)F)n2)CC1)C1CCN(c2cccc3c2n(C)c(=O)n3C2CCC(=O)NC2=O)CC1. The number of halogens is 3. The van der Waals surface area contributed by atoms with Gasteiger partial charge in [0.2, 0.25) is 11.8 Å². The van der Waals surface area contributed by atoms with Gasteiger partial charge in [-0.05, 0) is 70.0 Å². The van der Waals surface area contributed by atoms with Gasteiger partial charge in [-0.25, -0.2) is 4.79 Å². The Morgan fingerprint density at radius 2 is 1.75 bits per heavy atom. The first-order valence-electron chi connectivity index (χ1n) is 15.3. The van der Waals surface area contributed by atoms with Crippen LogP contribution < -0.4 is 21.6 Å². The molecule has 0 bridgehead atoms. The number of imide groups is 1. The molecule has 0 spiro atoms. The molecular formula is C30H39F3N8O3. The van der Waals surface area contributed by atoms with E-state index < -0.39 is 23.8 Å². The van der Waals surface area contributed by atoms with Crippen LogP contribution in [0.1, 0.15) is 69.1 Å². The molecule has 2 amide bonds. The molecule has 3 fully saturated rings.